The molecule has 0 saturated heterocycles. The van der Waals surface area contributed by atoms with Gasteiger partial charge in [-0.05, 0) is 35.7 Å². The maximum absolute atomic E-state index is 12.3. The van der Waals surface area contributed by atoms with E-state index < -0.39 is 6.36 Å². The molecule has 0 saturated carbocycles. The Morgan fingerprint density at radius 1 is 1.15 bits per heavy atom. The number of para-hydroxylation sites is 1. The van der Waals surface area contributed by atoms with Crippen LogP contribution in [0.2, 0.25) is 0 Å². The maximum atomic E-state index is 12.3. The number of halogens is 3. The quantitative estimate of drug-likeness (QED) is 0.663. The first-order valence-electron chi connectivity index (χ1n) is 8.49. The third-order valence-corrected chi connectivity index (χ3v) is 4.27. The van der Waals surface area contributed by atoms with Gasteiger partial charge in [0.2, 0.25) is 5.91 Å². The van der Waals surface area contributed by atoms with Gasteiger partial charge in [-0.15, -0.1) is 13.2 Å². The van der Waals surface area contributed by atoms with E-state index in [2.05, 4.69) is 15.0 Å². The molecule has 27 heavy (non-hydrogen) atoms. The first-order chi connectivity index (χ1) is 12.8. The van der Waals surface area contributed by atoms with Crippen molar-refractivity contribution in [3.8, 4) is 5.75 Å². The number of fused-ring (bicyclic) bond motifs is 1. The first-order valence-corrected chi connectivity index (χ1v) is 8.49. The largest absolute Gasteiger partial charge is 0.573 e. The topological polar surface area (TPSA) is 54.1 Å². The molecule has 142 valence electrons. The third kappa shape index (κ3) is 5.03. The number of nitrogens with one attached hydrogen (secondary N) is 2. The predicted molar refractivity (Wildman–Crippen MR) is 96.1 cm³/mol. The van der Waals surface area contributed by atoms with Gasteiger partial charge in [0.15, 0.2) is 0 Å². The molecule has 2 N–H and O–H groups in total. The summed E-state index contributed by atoms with van der Waals surface area (Å²) in [6.07, 6.45) is -2.21. The zero-order chi connectivity index (χ0) is 19.4. The van der Waals surface area contributed by atoms with Crippen molar-refractivity contribution in [2.45, 2.75) is 26.3 Å². The van der Waals surface area contributed by atoms with Crippen LogP contribution in [-0.4, -0.2) is 17.3 Å². The Hall–Kier alpha value is -2.96. The van der Waals surface area contributed by atoms with Gasteiger partial charge < -0.3 is 15.0 Å². The van der Waals surface area contributed by atoms with Gasteiger partial charge in [-0.25, -0.2) is 0 Å². The molecule has 1 unspecified atom stereocenters. The molecule has 0 aliphatic heterocycles. The minimum Gasteiger partial charge on any atom is -0.406 e. The summed E-state index contributed by atoms with van der Waals surface area (Å²) < 4.78 is 40.3. The molecule has 1 heterocycles. The van der Waals surface area contributed by atoms with Crippen LogP contribution >= 0.6 is 0 Å². The zero-order valence-electron chi connectivity index (χ0n) is 14.6. The second-order valence-corrected chi connectivity index (χ2v) is 6.37. The van der Waals surface area contributed by atoms with Crippen LogP contribution < -0.4 is 10.1 Å². The molecule has 4 nitrogen and oxygen atoms in total. The summed E-state index contributed by atoms with van der Waals surface area (Å²) in [5.74, 6) is -0.641. The highest BCUT2D eigenvalue weighted by Crippen LogP contribution is 2.23. The van der Waals surface area contributed by atoms with E-state index in [0.29, 0.717) is 12.0 Å². The Balaban J connectivity index is 1.54. The number of benzene rings is 2. The van der Waals surface area contributed by atoms with Crippen molar-refractivity contribution in [1.29, 1.82) is 0 Å². The van der Waals surface area contributed by atoms with Crippen LogP contribution in [0.5, 0.6) is 5.75 Å². The highest BCUT2D eigenvalue weighted by atomic mass is 19.4. The van der Waals surface area contributed by atoms with Gasteiger partial charge in [-0.2, -0.15) is 0 Å². The van der Waals surface area contributed by atoms with E-state index in [0.717, 1.165) is 16.5 Å². The van der Waals surface area contributed by atoms with E-state index >= 15 is 0 Å². The summed E-state index contributed by atoms with van der Waals surface area (Å²) >= 11 is 0. The lowest BCUT2D eigenvalue weighted by molar-refractivity contribution is -0.274. The third-order valence-electron chi connectivity index (χ3n) is 4.27. The Labute approximate surface area is 154 Å². The number of H-pyrrole nitrogens is 1. The number of aromatic amines is 1. The number of aromatic nitrogens is 1. The van der Waals surface area contributed by atoms with E-state index in [1.807, 2.05) is 37.4 Å². The first kappa shape index (κ1) is 18.8. The molecule has 2 aromatic carbocycles. The van der Waals surface area contributed by atoms with Gasteiger partial charge in [0.25, 0.3) is 0 Å². The van der Waals surface area contributed by atoms with Gasteiger partial charge in [-0.1, -0.05) is 37.3 Å². The number of amides is 1. The van der Waals surface area contributed by atoms with E-state index in [4.69, 9.17) is 0 Å². The van der Waals surface area contributed by atoms with Crippen LogP contribution in [0.15, 0.2) is 54.7 Å². The van der Waals surface area contributed by atoms with E-state index in [-0.39, 0.29) is 24.1 Å². The average molecular weight is 376 g/mol. The second-order valence-electron chi connectivity index (χ2n) is 6.37. The van der Waals surface area contributed by atoms with Crippen LogP contribution in [-0.2, 0) is 17.8 Å². The SMILES string of the molecule is CC(Cc1c[nH]c2ccccc12)C(=O)NCc1ccc(OC(F)(F)F)cc1. The van der Waals surface area contributed by atoms with Crippen LogP contribution in [0.4, 0.5) is 13.2 Å². The summed E-state index contributed by atoms with van der Waals surface area (Å²) in [4.78, 5) is 15.5. The molecule has 7 heteroatoms. The number of hydrogen-bond donors (Lipinski definition) is 2. The zero-order valence-corrected chi connectivity index (χ0v) is 14.6. The smallest absolute Gasteiger partial charge is 0.406 e. The van der Waals surface area contributed by atoms with E-state index in [9.17, 15) is 18.0 Å². The molecule has 0 radical (unpaired) electrons. The highest BCUT2D eigenvalue weighted by molar-refractivity contribution is 5.84. The van der Waals surface area contributed by atoms with Gasteiger partial charge in [0.1, 0.15) is 5.75 Å². The van der Waals surface area contributed by atoms with Crippen LogP contribution in [0, 0.1) is 5.92 Å². The number of carbonyl (C=O) groups excluding carboxylic acids is 1. The normalized spacial score (nSPS) is 12.7. The minimum absolute atomic E-state index is 0.115. The molecular formula is C20H19F3N2O2. The number of alkyl halides is 3. The number of rotatable bonds is 6. The minimum atomic E-state index is -4.71. The fourth-order valence-corrected chi connectivity index (χ4v) is 2.90. The summed E-state index contributed by atoms with van der Waals surface area (Å²) in [5.41, 5.74) is 2.79. The van der Waals surface area contributed by atoms with Crippen LogP contribution in [0.25, 0.3) is 10.9 Å². The van der Waals surface area contributed by atoms with Gasteiger partial charge in [0.05, 0.1) is 0 Å². The van der Waals surface area contributed by atoms with Crippen LogP contribution in [0.3, 0.4) is 0 Å². The van der Waals surface area contributed by atoms with Crippen molar-refractivity contribution in [3.05, 3.63) is 65.9 Å². The fourth-order valence-electron chi connectivity index (χ4n) is 2.90. The molecule has 1 amide bonds. The van der Waals surface area contributed by atoms with Crippen molar-refractivity contribution in [2.75, 3.05) is 0 Å². The molecule has 0 fully saturated rings. The highest BCUT2D eigenvalue weighted by Gasteiger charge is 2.30. The molecule has 1 aromatic heterocycles. The predicted octanol–water partition coefficient (Wildman–Crippen LogP) is 4.56. The monoisotopic (exact) mass is 376 g/mol. The van der Waals surface area contributed by atoms with Gasteiger partial charge in [0, 0.05) is 29.6 Å². The summed E-state index contributed by atoms with van der Waals surface area (Å²) in [5, 5.41) is 3.91. The number of carbonyl (C=O) groups is 1. The Morgan fingerprint density at radius 3 is 2.56 bits per heavy atom. The fraction of sp³-hybridized carbons (Fsp3) is 0.250. The van der Waals surface area contributed by atoms with Crippen molar-refractivity contribution in [3.63, 3.8) is 0 Å². The second kappa shape index (κ2) is 7.73. The van der Waals surface area contributed by atoms with Gasteiger partial charge in [-0.3, -0.25) is 4.79 Å². The average Bonchev–Trinajstić information content (AvgIpc) is 3.02. The number of hydrogen-bond acceptors (Lipinski definition) is 2. The van der Waals surface area contributed by atoms with Crippen molar-refractivity contribution in [2.24, 2.45) is 5.92 Å². The van der Waals surface area contributed by atoms with Gasteiger partial charge >= 0.3 is 6.36 Å². The molecule has 0 spiro atoms. The lowest BCUT2D eigenvalue weighted by Gasteiger charge is -2.13. The molecule has 0 aliphatic carbocycles. The number of ether oxygens (including phenoxy) is 1. The maximum Gasteiger partial charge on any atom is 0.573 e. The Kier molecular flexibility index (Phi) is 5.39. The molecule has 0 bridgehead atoms. The molecule has 1 atom stereocenters. The summed E-state index contributed by atoms with van der Waals surface area (Å²) in [6, 6.07) is 13.3. The molecule has 3 aromatic rings. The van der Waals surface area contributed by atoms with E-state index in [1.165, 1.54) is 24.3 Å². The molecule has 0 aliphatic rings. The summed E-state index contributed by atoms with van der Waals surface area (Å²) in [6.45, 7) is 2.08. The van der Waals surface area contributed by atoms with Crippen molar-refractivity contribution >= 4 is 16.8 Å². The molecular weight excluding hydrogens is 357 g/mol. The molecule has 3 rings (SSSR count). The van der Waals surface area contributed by atoms with Crippen molar-refractivity contribution in [1.82, 2.24) is 10.3 Å². The van der Waals surface area contributed by atoms with Crippen molar-refractivity contribution < 1.29 is 22.7 Å². The lowest BCUT2D eigenvalue weighted by Crippen LogP contribution is -2.29. The Bertz CT molecular complexity index is 917. The lowest BCUT2D eigenvalue weighted by atomic mass is 10.00. The summed E-state index contributed by atoms with van der Waals surface area (Å²) in [7, 11) is 0. The Morgan fingerprint density at radius 2 is 1.85 bits per heavy atom. The standard InChI is InChI=1S/C20H19F3N2O2/c1-13(10-15-12-24-18-5-3-2-4-17(15)18)19(26)25-11-14-6-8-16(9-7-14)27-20(21,22)23/h2-9,12-13,24H,10-11H2,1H3,(H,25,26). The van der Waals surface area contributed by atoms with E-state index in [1.54, 1.807) is 0 Å². The van der Waals surface area contributed by atoms with Crippen LogP contribution in [0.1, 0.15) is 18.1 Å².